The lowest BCUT2D eigenvalue weighted by Crippen LogP contribution is -2.20. The number of allylic oxidation sites excluding steroid dienone is 1. The fourth-order valence-corrected chi connectivity index (χ4v) is 10.1. The van der Waals surface area contributed by atoms with Crippen LogP contribution < -0.4 is 0 Å². The quantitative estimate of drug-likeness (QED) is 0.0201. The number of hydrogen-bond acceptors (Lipinski definition) is 3. The number of hydrogen-bond donors (Lipinski definition) is 0. The lowest BCUT2D eigenvalue weighted by atomic mass is 9.98. The average Bonchev–Trinajstić information content (AvgIpc) is 3.32. The van der Waals surface area contributed by atoms with Gasteiger partial charge in [0.05, 0.1) is 5.92 Å². The van der Waals surface area contributed by atoms with Crippen LogP contribution in [-0.4, -0.2) is 11.9 Å². The Hall–Kier alpha value is -1.38. The number of esters is 2. The maximum Gasteiger partial charge on any atom is 0.340 e. The molecule has 0 rings (SSSR count). The van der Waals surface area contributed by atoms with Gasteiger partial charge in [0.2, 0.25) is 0 Å². The molecule has 67 heavy (non-hydrogen) atoms. The van der Waals surface area contributed by atoms with E-state index in [2.05, 4.69) is 26.5 Å². The van der Waals surface area contributed by atoms with Gasteiger partial charge in [-0.05, 0) is 26.2 Å². The SMILES string of the molecule is C=C(C)C(=O)OC(=O)C(/C=C/CCCCCCCCCCCCCCCCCCCCCCCCCCCC)CCCCCCCCCCCCCCCCCCCCCCCCCCCC. The Morgan fingerprint density at radius 2 is 0.552 bits per heavy atom. The van der Waals surface area contributed by atoms with Crippen molar-refractivity contribution in [2.24, 2.45) is 5.92 Å². The van der Waals surface area contributed by atoms with Crippen molar-refractivity contribution in [2.75, 3.05) is 0 Å². The van der Waals surface area contributed by atoms with E-state index in [1.165, 1.54) is 321 Å². The Labute approximate surface area is 422 Å². The molecule has 0 saturated heterocycles. The first-order valence-corrected chi connectivity index (χ1v) is 31.1. The maximum absolute atomic E-state index is 12.9. The third-order valence-electron chi connectivity index (χ3n) is 14.8. The monoisotopic (exact) mass is 939 g/mol. The highest BCUT2D eigenvalue weighted by molar-refractivity contribution is 5.96. The van der Waals surface area contributed by atoms with E-state index in [1.807, 2.05) is 6.08 Å². The average molecular weight is 940 g/mol. The van der Waals surface area contributed by atoms with E-state index in [9.17, 15) is 9.59 Å². The number of carbonyl (C=O) groups is 2. The first-order valence-electron chi connectivity index (χ1n) is 31.1. The minimum Gasteiger partial charge on any atom is -0.389 e. The molecule has 0 aromatic heterocycles. The molecule has 0 heterocycles. The van der Waals surface area contributed by atoms with Gasteiger partial charge in [0.15, 0.2) is 0 Å². The molecule has 0 bridgehead atoms. The van der Waals surface area contributed by atoms with Crippen molar-refractivity contribution in [1.82, 2.24) is 0 Å². The van der Waals surface area contributed by atoms with Crippen molar-refractivity contribution in [3.63, 3.8) is 0 Å². The van der Waals surface area contributed by atoms with Gasteiger partial charge >= 0.3 is 11.9 Å². The van der Waals surface area contributed by atoms with Crippen LogP contribution in [0.15, 0.2) is 24.3 Å². The fourth-order valence-electron chi connectivity index (χ4n) is 10.1. The van der Waals surface area contributed by atoms with E-state index in [4.69, 9.17) is 4.74 Å². The zero-order valence-corrected chi connectivity index (χ0v) is 46.3. The molecule has 0 N–H and O–H groups in total. The van der Waals surface area contributed by atoms with Crippen molar-refractivity contribution < 1.29 is 14.3 Å². The van der Waals surface area contributed by atoms with Gasteiger partial charge in [-0.25, -0.2) is 4.79 Å². The summed E-state index contributed by atoms with van der Waals surface area (Å²) in [5.41, 5.74) is 0.280. The molecule has 396 valence electrons. The molecule has 0 aliphatic carbocycles. The third-order valence-corrected chi connectivity index (χ3v) is 14.8. The summed E-state index contributed by atoms with van der Waals surface area (Å²) in [5, 5.41) is 0. The first kappa shape index (κ1) is 65.6. The predicted molar refractivity (Wildman–Crippen MR) is 299 cm³/mol. The second kappa shape index (κ2) is 57.2. The van der Waals surface area contributed by atoms with Gasteiger partial charge in [0.1, 0.15) is 0 Å². The van der Waals surface area contributed by atoms with Crippen molar-refractivity contribution in [3.05, 3.63) is 24.3 Å². The van der Waals surface area contributed by atoms with Gasteiger partial charge in [-0.1, -0.05) is 360 Å². The van der Waals surface area contributed by atoms with Crippen LogP contribution in [0.3, 0.4) is 0 Å². The van der Waals surface area contributed by atoms with Crippen LogP contribution in [-0.2, 0) is 14.3 Å². The summed E-state index contributed by atoms with van der Waals surface area (Å²) in [6.45, 7) is 9.86. The molecular weight excluding hydrogens is 817 g/mol. The van der Waals surface area contributed by atoms with E-state index in [-0.39, 0.29) is 11.5 Å². The molecule has 3 nitrogen and oxygen atoms in total. The molecule has 0 aromatic carbocycles. The van der Waals surface area contributed by atoms with Crippen LogP contribution in [0.5, 0.6) is 0 Å². The number of unbranched alkanes of at least 4 members (excludes halogenated alkanes) is 51. The lowest BCUT2D eigenvalue weighted by Gasteiger charge is -2.12. The van der Waals surface area contributed by atoms with E-state index < -0.39 is 11.9 Å². The van der Waals surface area contributed by atoms with Crippen LogP contribution in [0.2, 0.25) is 0 Å². The molecule has 0 spiro atoms. The zero-order valence-electron chi connectivity index (χ0n) is 46.3. The van der Waals surface area contributed by atoms with Crippen LogP contribution in [0.25, 0.3) is 0 Å². The Kier molecular flexibility index (Phi) is 56.0. The van der Waals surface area contributed by atoms with Crippen LogP contribution in [0.1, 0.15) is 367 Å². The van der Waals surface area contributed by atoms with E-state index in [0.29, 0.717) is 0 Å². The minimum absolute atomic E-state index is 0.280. The highest BCUT2D eigenvalue weighted by Crippen LogP contribution is 2.21. The molecule has 0 aliphatic rings. The number of carbonyl (C=O) groups excluding carboxylic acids is 2. The molecule has 0 aliphatic heterocycles. The van der Waals surface area contributed by atoms with Crippen LogP contribution in [0.4, 0.5) is 0 Å². The Morgan fingerprint density at radius 3 is 0.776 bits per heavy atom. The van der Waals surface area contributed by atoms with E-state index >= 15 is 0 Å². The van der Waals surface area contributed by atoms with Crippen molar-refractivity contribution in [2.45, 2.75) is 367 Å². The standard InChI is InChI=1S/C64H122O3/c1-5-7-9-11-13-15-17-19-21-23-25-27-29-31-33-34-36-38-40-42-44-46-48-50-52-54-56-58-60-62(64(66)67-63(65)61(3)4)59-57-55-53-51-49-47-45-43-41-39-37-35-32-30-28-26-24-22-20-18-16-14-12-10-8-6-2/h58,60,62H,3,5-57,59H2,1-2,4H3/b60-58+. The summed E-state index contributed by atoms with van der Waals surface area (Å²) in [6, 6.07) is 0. The second-order valence-electron chi connectivity index (χ2n) is 21.8. The fraction of sp³-hybridized carbons (Fsp3) is 0.906. The molecule has 1 unspecified atom stereocenters. The second-order valence-corrected chi connectivity index (χ2v) is 21.8. The number of ether oxygens (including phenoxy) is 1. The summed E-state index contributed by atoms with van der Waals surface area (Å²) < 4.78 is 5.17. The zero-order chi connectivity index (χ0) is 48.6. The Bertz CT molecular complexity index is 1030. The molecule has 0 aromatic rings. The normalized spacial score (nSPS) is 12.1. The maximum atomic E-state index is 12.9. The summed E-state index contributed by atoms with van der Waals surface area (Å²) in [7, 11) is 0. The van der Waals surface area contributed by atoms with Gasteiger partial charge in [-0.3, -0.25) is 4.79 Å². The summed E-state index contributed by atoms with van der Waals surface area (Å²) in [6.07, 6.45) is 78.9. The summed E-state index contributed by atoms with van der Waals surface area (Å²) >= 11 is 0. The highest BCUT2D eigenvalue weighted by Gasteiger charge is 2.20. The molecule has 0 radical (unpaired) electrons. The van der Waals surface area contributed by atoms with Crippen LogP contribution in [0, 0.1) is 5.92 Å². The van der Waals surface area contributed by atoms with Crippen molar-refractivity contribution in [3.8, 4) is 0 Å². The van der Waals surface area contributed by atoms with Crippen molar-refractivity contribution in [1.29, 1.82) is 0 Å². The van der Waals surface area contributed by atoms with E-state index in [0.717, 1.165) is 25.7 Å². The highest BCUT2D eigenvalue weighted by atomic mass is 16.6. The third kappa shape index (κ3) is 53.8. The molecule has 0 amide bonds. The smallest absolute Gasteiger partial charge is 0.340 e. The first-order chi connectivity index (χ1) is 33.0. The van der Waals surface area contributed by atoms with Gasteiger partial charge in [0.25, 0.3) is 0 Å². The van der Waals surface area contributed by atoms with Gasteiger partial charge < -0.3 is 4.74 Å². The minimum atomic E-state index is -0.594. The topological polar surface area (TPSA) is 43.4 Å². The van der Waals surface area contributed by atoms with Gasteiger partial charge in [-0.2, -0.15) is 0 Å². The predicted octanol–water partition coefficient (Wildman–Crippen LogP) is 22.9. The van der Waals surface area contributed by atoms with Gasteiger partial charge in [-0.15, -0.1) is 0 Å². The summed E-state index contributed by atoms with van der Waals surface area (Å²) in [4.78, 5) is 25.0. The molecule has 1 atom stereocenters. The van der Waals surface area contributed by atoms with Crippen molar-refractivity contribution >= 4 is 11.9 Å². The molecule has 0 saturated carbocycles. The largest absolute Gasteiger partial charge is 0.389 e. The lowest BCUT2D eigenvalue weighted by molar-refractivity contribution is -0.159. The molecular formula is C64H122O3. The molecule has 0 fully saturated rings. The Morgan fingerprint density at radius 1 is 0.343 bits per heavy atom. The molecule has 3 heteroatoms. The van der Waals surface area contributed by atoms with Gasteiger partial charge in [0, 0.05) is 5.57 Å². The Balaban J connectivity index is 3.70. The van der Waals surface area contributed by atoms with E-state index in [1.54, 1.807) is 6.92 Å². The summed E-state index contributed by atoms with van der Waals surface area (Å²) in [5.74, 6) is -1.33. The number of rotatable bonds is 57. The van der Waals surface area contributed by atoms with Crippen LogP contribution >= 0.6 is 0 Å².